The number of anilines is 1. The molecule has 1 aromatic heterocycles. The van der Waals surface area contributed by atoms with E-state index in [4.69, 9.17) is 10.5 Å². The van der Waals surface area contributed by atoms with Crippen LogP contribution in [0.2, 0.25) is 0 Å². The van der Waals surface area contributed by atoms with Crippen LogP contribution in [-0.2, 0) is 24.0 Å². The summed E-state index contributed by atoms with van der Waals surface area (Å²) in [7, 11) is 0. The lowest BCUT2D eigenvalue weighted by atomic mass is 10.0. The van der Waals surface area contributed by atoms with Crippen molar-refractivity contribution in [3.05, 3.63) is 52.2 Å². The fourth-order valence-corrected chi connectivity index (χ4v) is 5.49. The number of thioether (sulfide) groups is 1. The molecule has 206 valence electrons. The highest BCUT2D eigenvalue weighted by atomic mass is 32.2. The number of halogens is 3. The predicted molar refractivity (Wildman–Crippen MR) is 132 cm³/mol. The van der Waals surface area contributed by atoms with Gasteiger partial charge in [0.25, 0.3) is 11.8 Å². The van der Waals surface area contributed by atoms with Gasteiger partial charge in [-0.3, -0.25) is 14.5 Å². The van der Waals surface area contributed by atoms with E-state index in [9.17, 15) is 37.5 Å². The molecule has 17 heteroatoms. The minimum atomic E-state index is -5.38. The normalized spacial score (nSPS) is 19.2. The standard InChI is InChI=1S/C22H18F3N5O7S2/c1-9-3-2-4-11(5-9)36-6-10-7-38-18-14(17(32)30(18)15(10)19(33)34)28-16(31)13(12-8-39-21(26)27-12)29-37-20(35)22(23,24)25/h2-5,8,14,18H,6-7H2,1H3,(H2,26,27)(H,28,31)(H,33,34)/t14?,18-/m0/s1. The number of alkyl halides is 3. The maximum absolute atomic E-state index is 12.9. The van der Waals surface area contributed by atoms with Crippen LogP contribution in [0.15, 0.2) is 46.1 Å². The summed E-state index contributed by atoms with van der Waals surface area (Å²) >= 11 is 1.98. The number of fused-ring (bicyclic) bond motifs is 1. The summed E-state index contributed by atoms with van der Waals surface area (Å²) < 4.78 is 43.3. The van der Waals surface area contributed by atoms with Crippen LogP contribution in [0, 0.1) is 6.92 Å². The summed E-state index contributed by atoms with van der Waals surface area (Å²) in [6.45, 7) is 1.76. The van der Waals surface area contributed by atoms with Crippen molar-refractivity contribution in [2.24, 2.45) is 5.16 Å². The first-order valence-corrected chi connectivity index (χ1v) is 12.8. The number of nitrogens with zero attached hydrogens (tertiary/aromatic N) is 3. The molecule has 0 aliphatic carbocycles. The van der Waals surface area contributed by atoms with E-state index >= 15 is 0 Å². The number of aromatic nitrogens is 1. The van der Waals surface area contributed by atoms with Gasteiger partial charge in [0.15, 0.2) is 10.8 Å². The maximum atomic E-state index is 12.9. The molecule has 3 heterocycles. The van der Waals surface area contributed by atoms with Crippen LogP contribution in [-0.4, -0.2) is 74.4 Å². The van der Waals surface area contributed by atoms with Gasteiger partial charge < -0.3 is 25.7 Å². The fraction of sp³-hybridized carbons (Fsp3) is 0.273. The van der Waals surface area contributed by atoms with E-state index in [0.717, 1.165) is 33.6 Å². The van der Waals surface area contributed by atoms with Crippen molar-refractivity contribution in [3.8, 4) is 5.75 Å². The van der Waals surface area contributed by atoms with E-state index in [-0.39, 0.29) is 28.9 Å². The number of hydrogen-bond donors (Lipinski definition) is 3. The topological polar surface area (TPSA) is 174 Å². The minimum Gasteiger partial charge on any atom is -0.489 e. The molecule has 2 atom stereocenters. The number of carbonyl (C=O) groups is 4. The van der Waals surface area contributed by atoms with E-state index < -0.39 is 47.1 Å². The molecule has 39 heavy (non-hydrogen) atoms. The van der Waals surface area contributed by atoms with Gasteiger partial charge >= 0.3 is 18.1 Å². The summed E-state index contributed by atoms with van der Waals surface area (Å²) in [6.07, 6.45) is -5.38. The molecule has 0 bridgehead atoms. The van der Waals surface area contributed by atoms with Gasteiger partial charge in [0.05, 0.1) is 0 Å². The number of oxime groups is 1. The maximum Gasteiger partial charge on any atom is 0.493 e. The molecule has 1 unspecified atom stereocenters. The van der Waals surface area contributed by atoms with E-state index in [0.29, 0.717) is 11.3 Å². The number of aryl methyl sites for hydroxylation is 1. The Bertz CT molecular complexity index is 1410. The number of amides is 2. The second-order valence-electron chi connectivity index (χ2n) is 8.11. The lowest BCUT2D eigenvalue weighted by molar-refractivity contribution is -0.199. The zero-order valence-corrected chi connectivity index (χ0v) is 21.4. The molecule has 0 radical (unpaired) electrons. The molecule has 2 amide bonds. The third kappa shape index (κ3) is 5.98. The number of carboxylic acids is 1. The first kappa shape index (κ1) is 27.9. The van der Waals surface area contributed by atoms with Crippen molar-refractivity contribution in [2.45, 2.75) is 24.5 Å². The van der Waals surface area contributed by atoms with Gasteiger partial charge in [0.2, 0.25) is 0 Å². The van der Waals surface area contributed by atoms with E-state index in [1.165, 1.54) is 5.38 Å². The first-order chi connectivity index (χ1) is 18.4. The molecule has 2 aromatic rings. The van der Waals surface area contributed by atoms with Gasteiger partial charge in [-0.2, -0.15) is 13.2 Å². The number of β-lactam (4-membered cyclic amide) rings is 1. The zero-order chi connectivity index (χ0) is 28.5. The first-order valence-electron chi connectivity index (χ1n) is 10.8. The average Bonchev–Trinajstić information content (AvgIpc) is 3.30. The van der Waals surface area contributed by atoms with Gasteiger partial charge in [-0.1, -0.05) is 17.3 Å². The summed E-state index contributed by atoms with van der Waals surface area (Å²) in [5, 5.41) is 15.4. The molecule has 2 aliphatic rings. The van der Waals surface area contributed by atoms with Gasteiger partial charge in [-0.05, 0) is 24.6 Å². The highest BCUT2D eigenvalue weighted by Gasteiger charge is 2.54. The predicted octanol–water partition coefficient (Wildman–Crippen LogP) is 1.66. The molecule has 1 aromatic carbocycles. The molecular formula is C22H18F3N5O7S2. The van der Waals surface area contributed by atoms with Gasteiger partial charge in [-0.15, -0.1) is 23.1 Å². The van der Waals surface area contributed by atoms with Crippen LogP contribution in [0.1, 0.15) is 11.3 Å². The highest BCUT2D eigenvalue weighted by molar-refractivity contribution is 8.00. The molecule has 0 saturated carbocycles. The number of carbonyl (C=O) groups excluding carboxylic acids is 3. The smallest absolute Gasteiger partial charge is 0.489 e. The van der Waals surface area contributed by atoms with Crippen LogP contribution in [0.3, 0.4) is 0 Å². The second-order valence-corrected chi connectivity index (χ2v) is 10.1. The lowest BCUT2D eigenvalue weighted by Gasteiger charge is -2.49. The van der Waals surface area contributed by atoms with Gasteiger partial charge in [0, 0.05) is 16.7 Å². The van der Waals surface area contributed by atoms with Crippen LogP contribution in [0.5, 0.6) is 5.75 Å². The monoisotopic (exact) mass is 585 g/mol. The number of rotatable bonds is 8. The Balaban J connectivity index is 1.51. The Morgan fingerprint density at radius 1 is 1.33 bits per heavy atom. The van der Waals surface area contributed by atoms with Crippen LogP contribution in [0.4, 0.5) is 18.3 Å². The number of nitrogens with one attached hydrogen (secondary N) is 1. The third-order valence-electron chi connectivity index (χ3n) is 5.37. The molecular weight excluding hydrogens is 567 g/mol. The zero-order valence-electron chi connectivity index (χ0n) is 19.7. The Morgan fingerprint density at radius 3 is 2.69 bits per heavy atom. The van der Waals surface area contributed by atoms with E-state index in [2.05, 4.69) is 20.3 Å². The Hall–Kier alpha value is -4.12. The number of nitrogen functional groups attached to an aromatic ring is 1. The Morgan fingerprint density at radius 2 is 2.08 bits per heavy atom. The molecule has 4 N–H and O–H groups in total. The van der Waals surface area contributed by atoms with Crippen LogP contribution in [0.25, 0.3) is 0 Å². The number of benzene rings is 1. The van der Waals surface area contributed by atoms with Gasteiger partial charge in [-0.25, -0.2) is 14.6 Å². The molecule has 0 spiro atoms. The number of nitrogens with two attached hydrogens (primary N) is 1. The summed E-state index contributed by atoms with van der Waals surface area (Å²) in [5.74, 6) is -5.36. The van der Waals surface area contributed by atoms with Crippen molar-refractivity contribution < 1.29 is 47.0 Å². The van der Waals surface area contributed by atoms with Crippen LogP contribution >= 0.6 is 23.1 Å². The van der Waals surface area contributed by atoms with Crippen molar-refractivity contribution in [1.29, 1.82) is 0 Å². The Labute approximate surface area is 225 Å². The van der Waals surface area contributed by atoms with Crippen molar-refractivity contribution in [2.75, 3.05) is 18.1 Å². The van der Waals surface area contributed by atoms with Crippen molar-refractivity contribution in [1.82, 2.24) is 15.2 Å². The van der Waals surface area contributed by atoms with Gasteiger partial charge in [0.1, 0.15) is 35.2 Å². The molecule has 2 aliphatic heterocycles. The summed E-state index contributed by atoms with van der Waals surface area (Å²) in [4.78, 5) is 57.5. The number of ether oxygens (including phenoxy) is 1. The number of aliphatic carboxylic acids is 1. The minimum absolute atomic E-state index is 0.0574. The SMILES string of the molecule is Cc1cccc(OCC2=C(C(=O)O)N3C(=O)C(NC(=O)C(=NOC(=O)C(F)(F)F)c4csc(N)n4)[C@@H]3SC2)c1. The van der Waals surface area contributed by atoms with Crippen LogP contribution < -0.4 is 15.8 Å². The molecule has 4 rings (SSSR count). The fourth-order valence-electron chi connectivity index (χ4n) is 3.62. The quantitative estimate of drug-likeness (QED) is 0.179. The van der Waals surface area contributed by atoms with E-state index in [1.807, 2.05) is 13.0 Å². The highest BCUT2D eigenvalue weighted by Crippen LogP contribution is 2.40. The number of carboxylic acid groups (broad SMARTS) is 1. The molecule has 1 saturated heterocycles. The molecule has 12 nitrogen and oxygen atoms in total. The Kier molecular flexibility index (Phi) is 7.82. The van der Waals surface area contributed by atoms with E-state index in [1.54, 1.807) is 18.2 Å². The van der Waals surface area contributed by atoms with Crippen molar-refractivity contribution >= 4 is 57.7 Å². The second kappa shape index (κ2) is 10.9. The third-order valence-corrected chi connectivity index (χ3v) is 7.38. The number of hydrogen-bond acceptors (Lipinski definition) is 11. The average molecular weight is 586 g/mol. The number of thiazole rings is 1. The summed E-state index contributed by atoms with van der Waals surface area (Å²) in [5.41, 5.74) is 5.36. The summed E-state index contributed by atoms with van der Waals surface area (Å²) in [6, 6.07) is 5.85. The lowest BCUT2D eigenvalue weighted by Crippen LogP contribution is -2.71. The largest absolute Gasteiger partial charge is 0.493 e. The molecule has 1 fully saturated rings. The van der Waals surface area contributed by atoms with Crippen molar-refractivity contribution in [3.63, 3.8) is 0 Å².